The summed E-state index contributed by atoms with van der Waals surface area (Å²) < 4.78 is 6.40. The van der Waals surface area contributed by atoms with Crippen molar-refractivity contribution in [1.29, 1.82) is 0 Å². The molecule has 148 valence electrons. The quantitative estimate of drug-likeness (QED) is 0.332. The summed E-state index contributed by atoms with van der Waals surface area (Å²) in [5.41, 5.74) is 5.48. The number of carbonyl (C=O) groups excluding carboxylic acids is 1. The molecule has 1 rings (SSSR count). The predicted molar refractivity (Wildman–Crippen MR) is 116 cm³/mol. The molecular weight excluding hydrogens is 368 g/mol. The van der Waals surface area contributed by atoms with Crippen molar-refractivity contribution in [3.63, 3.8) is 0 Å². The standard InChI is InChI=1S/C18H38N2O2S2Si/c1-15-12-16(14-22-25(5,6)18(2,3)4)20(13-15)17(21)8-7-10-23-24-11-9-19/h15-16H,7-14,19H2,1-6H3/t15-,16+/m1/s1. The van der Waals surface area contributed by atoms with E-state index in [1.165, 1.54) is 0 Å². The van der Waals surface area contributed by atoms with Crippen molar-refractivity contribution in [2.45, 2.75) is 71.1 Å². The molecule has 1 fully saturated rings. The molecule has 1 aliphatic rings. The fourth-order valence-corrected chi connectivity index (χ4v) is 5.71. The first-order valence-electron chi connectivity index (χ1n) is 9.46. The Hall–Kier alpha value is 0.307. The van der Waals surface area contributed by atoms with Crippen molar-refractivity contribution >= 4 is 35.8 Å². The Morgan fingerprint density at radius 2 is 1.92 bits per heavy atom. The van der Waals surface area contributed by atoms with E-state index in [0.717, 1.165) is 37.4 Å². The fraction of sp³-hybridized carbons (Fsp3) is 0.944. The summed E-state index contributed by atoms with van der Waals surface area (Å²) in [5.74, 6) is 2.88. The van der Waals surface area contributed by atoms with Crippen LogP contribution < -0.4 is 5.73 Å². The molecule has 2 atom stereocenters. The number of nitrogens with zero attached hydrogens (tertiary/aromatic N) is 1. The lowest BCUT2D eigenvalue weighted by Crippen LogP contribution is -2.45. The molecule has 0 bridgehead atoms. The maximum absolute atomic E-state index is 12.7. The molecule has 0 aromatic heterocycles. The van der Waals surface area contributed by atoms with Gasteiger partial charge in [-0.15, -0.1) is 0 Å². The molecule has 0 unspecified atom stereocenters. The van der Waals surface area contributed by atoms with Crippen LogP contribution in [0, 0.1) is 5.92 Å². The smallest absolute Gasteiger partial charge is 0.222 e. The third-order valence-electron chi connectivity index (χ3n) is 5.29. The number of amides is 1. The zero-order valence-electron chi connectivity index (χ0n) is 17.0. The van der Waals surface area contributed by atoms with Crippen LogP contribution in [-0.4, -0.2) is 56.4 Å². The summed E-state index contributed by atoms with van der Waals surface area (Å²) in [7, 11) is 1.87. The maximum Gasteiger partial charge on any atom is 0.222 e. The van der Waals surface area contributed by atoms with Gasteiger partial charge in [0.05, 0.1) is 12.6 Å². The van der Waals surface area contributed by atoms with Gasteiger partial charge in [0.15, 0.2) is 8.32 Å². The van der Waals surface area contributed by atoms with Gasteiger partial charge >= 0.3 is 0 Å². The Balaban J connectivity index is 2.44. The van der Waals surface area contributed by atoms with E-state index in [9.17, 15) is 4.79 Å². The molecular formula is C18H38N2O2S2Si. The molecule has 0 aromatic rings. The SMILES string of the molecule is C[C@@H]1C[C@@H](CO[Si](C)(C)C(C)(C)C)N(C(=O)CCCSSCCN)C1. The highest BCUT2D eigenvalue weighted by atomic mass is 33.1. The number of likely N-dealkylation sites (tertiary alicyclic amines) is 1. The molecule has 0 radical (unpaired) electrons. The van der Waals surface area contributed by atoms with E-state index in [4.69, 9.17) is 10.2 Å². The van der Waals surface area contributed by atoms with Crippen LogP contribution in [0.1, 0.15) is 47.0 Å². The van der Waals surface area contributed by atoms with Crippen molar-refractivity contribution in [3.05, 3.63) is 0 Å². The first-order valence-corrected chi connectivity index (χ1v) is 14.9. The van der Waals surface area contributed by atoms with Gasteiger partial charge in [-0.05, 0) is 36.9 Å². The van der Waals surface area contributed by atoms with Crippen molar-refractivity contribution in [3.8, 4) is 0 Å². The molecule has 0 spiro atoms. The van der Waals surface area contributed by atoms with E-state index < -0.39 is 8.32 Å². The highest BCUT2D eigenvalue weighted by Crippen LogP contribution is 2.37. The summed E-state index contributed by atoms with van der Waals surface area (Å²) in [6, 6.07) is 0.260. The Bertz CT molecular complexity index is 416. The molecule has 1 amide bonds. The van der Waals surface area contributed by atoms with E-state index in [1.54, 1.807) is 10.8 Å². The Labute approximate surface area is 163 Å². The van der Waals surface area contributed by atoms with E-state index in [0.29, 0.717) is 24.9 Å². The highest BCUT2D eigenvalue weighted by molar-refractivity contribution is 8.76. The van der Waals surface area contributed by atoms with Crippen molar-refractivity contribution in [2.24, 2.45) is 11.7 Å². The molecule has 1 heterocycles. The van der Waals surface area contributed by atoms with Crippen LogP contribution in [0.25, 0.3) is 0 Å². The van der Waals surface area contributed by atoms with Crippen molar-refractivity contribution in [2.75, 3.05) is 31.2 Å². The number of hydrogen-bond donors (Lipinski definition) is 1. The van der Waals surface area contributed by atoms with Gasteiger partial charge in [-0.2, -0.15) is 0 Å². The molecule has 2 N–H and O–H groups in total. The molecule has 25 heavy (non-hydrogen) atoms. The van der Waals surface area contributed by atoms with Crippen molar-refractivity contribution < 1.29 is 9.22 Å². The molecule has 0 aliphatic carbocycles. The van der Waals surface area contributed by atoms with Gasteiger partial charge in [0, 0.05) is 31.0 Å². The predicted octanol–water partition coefficient (Wildman–Crippen LogP) is 4.37. The fourth-order valence-electron chi connectivity index (χ4n) is 2.73. The van der Waals surface area contributed by atoms with Gasteiger partial charge in [-0.25, -0.2) is 0 Å². The third kappa shape index (κ3) is 7.83. The van der Waals surface area contributed by atoms with Crippen LogP contribution in [-0.2, 0) is 9.22 Å². The van der Waals surface area contributed by atoms with Crippen LogP contribution in [0.2, 0.25) is 18.1 Å². The lowest BCUT2D eigenvalue weighted by atomic mass is 10.1. The zero-order valence-corrected chi connectivity index (χ0v) is 19.6. The minimum Gasteiger partial charge on any atom is -0.415 e. The van der Waals surface area contributed by atoms with Gasteiger partial charge < -0.3 is 15.1 Å². The number of rotatable bonds is 10. The van der Waals surface area contributed by atoms with Crippen LogP contribution in [0.5, 0.6) is 0 Å². The normalized spacial score (nSPS) is 21.8. The molecule has 1 aliphatic heterocycles. The van der Waals surface area contributed by atoms with E-state index in [2.05, 4.69) is 45.7 Å². The number of hydrogen-bond acceptors (Lipinski definition) is 5. The summed E-state index contributed by atoms with van der Waals surface area (Å²) in [5, 5.41) is 0.213. The topological polar surface area (TPSA) is 55.6 Å². The van der Waals surface area contributed by atoms with Crippen molar-refractivity contribution in [1.82, 2.24) is 4.90 Å². The van der Waals surface area contributed by atoms with Crippen LogP contribution in [0.3, 0.4) is 0 Å². The molecule has 0 saturated carbocycles. The number of nitrogens with two attached hydrogens (primary N) is 1. The van der Waals surface area contributed by atoms with Gasteiger partial charge in [0.1, 0.15) is 0 Å². The largest absolute Gasteiger partial charge is 0.415 e. The lowest BCUT2D eigenvalue weighted by molar-refractivity contribution is -0.132. The second-order valence-corrected chi connectivity index (χ2v) is 16.2. The van der Waals surface area contributed by atoms with E-state index >= 15 is 0 Å². The Kier molecular flexibility index (Phi) is 9.89. The Morgan fingerprint density at radius 1 is 1.28 bits per heavy atom. The van der Waals surface area contributed by atoms with Gasteiger partial charge in [0.2, 0.25) is 5.91 Å². The van der Waals surface area contributed by atoms with Crippen LogP contribution in [0.15, 0.2) is 0 Å². The Morgan fingerprint density at radius 3 is 2.52 bits per heavy atom. The minimum absolute atomic E-state index is 0.213. The zero-order chi connectivity index (χ0) is 19.1. The van der Waals surface area contributed by atoms with E-state index in [-0.39, 0.29) is 11.1 Å². The second-order valence-electron chi connectivity index (χ2n) is 8.65. The number of carbonyl (C=O) groups is 1. The van der Waals surface area contributed by atoms with Crippen LogP contribution in [0.4, 0.5) is 0 Å². The second kappa shape index (κ2) is 10.6. The first-order chi connectivity index (χ1) is 11.6. The van der Waals surface area contributed by atoms with Gasteiger partial charge in [-0.3, -0.25) is 4.79 Å². The summed E-state index contributed by atoms with van der Waals surface area (Å²) in [4.78, 5) is 14.7. The minimum atomic E-state index is -1.76. The highest BCUT2D eigenvalue weighted by Gasteiger charge is 2.40. The van der Waals surface area contributed by atoms with Gasteiger partial charge in [0.25, 0.3) is 0 Å². The average Bonchev–Trinajstić information content (AvgIpc) is 2.88. The molecule has 7 heteroatoms. The van der Waals surface area contributed by atoms with E-state index in [1.807, 2.05) is 10.8 Å². The summed E-state index contributed by atoms with van der Waals surface area (Å²) >= 11 is 0. The first kappa shape index (κ1) is 23.3. The summed E-state index contributed by atoms with van der Waals surface area (Å²) in [6.07, 6.45) is 2.67. The van der Waals surface area contributed by atoms with Gasteiger partial charge in [-0.1, -0.05) is 49.3 Å². The molecule has 4 nitrogen and oxygen atoms in total. The molecule has 0 aromatic carbocycles. The monoisotopic (exact) mass is 406 g/mol. The molecule has 1 saturated heterocycles. The lowest BCUT2D eigenvalue weighted by Gasteiger charge is -2.38. The van der Waals surface area contributed by atoms with Crippen LogP contribution >= 0.6 is 21.6 Å². The summed E-state index contributed by atoms with van der Waals surface area (Å²) in [6.45, 7) is 15.9. The third-order valence-corrected chi connectivity index (χ3v) is 12.3. The average molecular weight is 407 g/mol. The maximum atomic E-state index is 12.7.